The highest BCUT2D eigenvalue weighted by Crippen LogP contribution is 2.39. The van der Waals surface area contributed by atoms with Gasteiger partial charge in [0.05, 0.1) is 18.0 Å². The van der Waals surface area contributed by atoms with Crippen molar-refractivity contribution < 1.29 is 23.7 Å². The molecule has 4 rings (SSSR count). The van der Waals surface area contributed by atoms with Crippen LogP contribution in [-0.4, -0.2) is 77.7 Å². The van der Waals surface area contributed by atoms with Crippen molar-refractivity contribution in [3.63, 3.8) is 0 Å². The summed E-state index contributed by atoms with van der Waals surface area (Å²) in [5.41, 5.74) is 1.48. The maximum absolute atomic E-state index is 12.8. The molecule has 0 spiro atoms. The molecule has 0 saturated carbocycles. The number of aromatic nitrogens is 3. The largest absolute Gasteiger partial charge is 0.472 e. The number of rotatable bonds is 8. The Morgan fingerprint density at radius 2 is 1.92 bits per heavy atom. The van der Waals surface area contributed by atoms with Crippen molar-refractivity contribution in [3.05, 3.63) is 18.1 Å². The van der Waals surface area contributed by atoms with E-state index in [9.17, 15) is 4.79 Å². The van der Waals surface area contributed by atoms with E-state index in [0.29, 0.717) is 31.6 Å². The Morgan fingerprint density at radius 1 is 1.15 bits per heavy atom. The highest BCUT2D eigenvalue weighted by molar-refractivity contribution is 6.76. The van der Waals surface area contributed by atoms with E-state index in [-0.39, 0.29) is 24.2 Å². The molecular formula is C29H48N4O5Si. The zero-order valence-electron chi connectivity index (χ0n) is 25.2. The Bertz CT molecular complexity index is 1130. The first-order valence-electron chi connectivity index (χ1n) is 14.5. The van der Waals surface area contributed by atoms with Crippen molar-refractivity contribution in [2.75, 3.05) is 26.3 Å². The minimum atomic E-state index is -1.18. The summed E-state index contributed by atoms with van der Waals surface area (Å²) in [4.78, 5) is 23.9. The molecule has 2 aromatic rings. The van der Waals surface area contributed by atoms with E-state index in [1.54, 1.807) is 11.2 Å². The van der Waals surface area contributed by atoms with Crippen molar-refractivity contribution in [2.45, 2.75) is 110 Å². The lowest BCUT2D eigenvalue weighted by Crippen LogP contribution is -2.49. The number of hydrogen-bond donors (Lipinski definition) is 0. The van der Waals surface area contributed by atoms with E-state index in [0.717, 1.165) is 49.6 Å². The van der Waals surface area contributed by atoms with Crippen LogP contribution in [-0.2, 0) is 20.9 Å². The number of nitrogens with zero attached hydrogens (tertiary/aromatic N) is 4. The Labute approximate surface area is 234 Å². The zero-order chi connectivity index (χ0) is 28.4. The van der Waals surface area contributed by atoms with Gasteiger partial charge in [0.25, 0.3) is 0 Å². The van der Waals surface area contributed by atoms with Crippen molar-refractivity contribution in [2.24, 2.45) is 5.92 Å². The molecule has 0 N–H and O–H groups in total. The maximum atomic E-state index is 12.8. The molecule has 0 aromatic carbocycles. The molecule has 9 nitrogen and oxygen atoms in total. The normalized spacial score (nSPS) is 24.7. The van der Waals surface area contributed by atoms with E-state index < -0.39 is 13.7 Å². The van der Waals surface area contributed by atoms with Crippen molar-refractivity contribution >= 4 is 25.2 Å². The number of likely N-dealkylation sites (tertiary alicyclic amines) is 1. The van der Waals surface area contributed by atoms with Crippen LogP contribution in [0.5, 0.6) is 5.88 Å². The summed E-state index contributed by atoms with van der Waals surface area (Å²) in [5.74, 6) is 1.20. The second-order valence-electron chi connectivity index (χ2n) is 13.6. The third-order valence-electron chi connectivity index (χ3n) is 7.35. The third-order valence-corrected chi connectivity index (χ3v) is 9.06. The molecule has 0 bridgehead atoms. The third kappa shape index (κ3) is 8.17. The average Bonchev–Trinajstić information content (AvgIpc) is 3.19. The molecular weight excluding hydrogens is 512 g/mol. The van der Waals surface area contributed by atoms with E-state index in [1.807, 2.05) is 20.8 Å². The molecule has 10 heteroatoms. The van der Waals surface area contributed by atoms with Gasteiger partial charge in [0.2, 0.25) is 5.88 Å². The summed E-state index contributed by atoms with van der Waals surface area (Å²) in [6, 6.07) is 1.12. The number of amides is 1. The second-order valence-corrected chi connectivity index (χ2v) is 19.3. The van der Waals surface area contributed by atoms with E-state index in [2.05, 4.69) is 54.2 Å². The molecule has 2 aliphatic rings. The van der Waals surface area contributed by atoms with Gasteiger partial charge in [0, 0.05) is 34.0 Å². The molecule has 2 unspecified atom stereocenters. The lowest BCUT2D eigenvalue weighted by Gasteiger charge is -2.37. The van der Waals surface area contributed by atoms with Crippen molar-refractivity contribution in [3.8, 4) is 5.88 Å². The summed E-state index contributed by atoms with van der Waals surface area (Å²) in [6.07, 6.45) is 6.20. The van der Waals surface area contributed by atoms with Crippen molar-refractivity contribution in [1.82, 2.24) is 19.4 Å². The summed E-state index contributed by atoms with van der Waals surface area (Å²) in [7, 11) is -1.18. The number of carbonyl (C=O) groups excluding carboxylic acids is 1. The molecule has 218 valence electrons. The van der Waals surface area contributed by atoms with Gasteiger partial charge in [-0.2, -0.15) is 0 Å². The Hall–Kier alpha value is -2.17. The van der Waals surface area contributed by atoms with Crippen LogP contribution < -0.4 is 4.74 Å². The van der Waals surface area contributed by atoms with Gasteiger partial charge < -0.3 is 28.4 Å². The van der Waals surface area contributed by atoms with Crippen LogP contribution in [0, 0.1) is 5.92 Å². The first kappa shape index (κ1) is 29.8. The fourth-order valence-corrected chi connectivity index (χ4v) is 6.21. The van der Waals surface area contributed by atoms with Crippen LogP contribution >= 0.6 is 0 Å². The fraction of sp³-hybridized carbons (Fsp3) is 0.759. The number of carbonyl (C=O) groups is 1. The van der Waals surface area contributed by atoms with Crippen molar-refractivity contribution in [1.29, 1.82) is 0 Å². The van der Waals surface area contributed by atoms with Crippen LogP contribution in [0.4, 0.5) is 4.79 Å². The van der Waals surface area contributed by atoms with Gasteiger partial charge in [-0.3, -0.25) is 0 Å². The smallest absolute Gasteiger partial charge is 0.410 e. The molecule has 4 atom stereocenters. The van der Waals surface area contributed by atoms with Crippen LogP contribution in [0.1, 0.15) is 65.4 Å². The number of ether oxygens (including phenoxy) is 4. The van der Waals surface area contributed by atoms with Crippen LogP contribution in [0.15, 0.2) is 12.5 Å². The van der Waals surface area contributed by atoms with Crippen LogP contribution in [0.3, 0.4) is 0 Å². The predicted molar refractivity (Wildman–Crippen MR) is 155 cm³/mol. The standard InChI is InChI=1S/C29H48N4O5Si/c1-20-13-23(16-32(15-20)28(34)38-29(3,4)5)37-27-25-24(22-9-10-36-21(2)14-22)17-33(26(25)30-18-31-27)19-35-11-12-39(6,7)8/h17-18,20-23H,9-16,19H2,1-8H3/t20-,21?,22?,23+/m0/s1. The van der Waals surface area contributed by atoms with Gasteiger partial charge in [-0.25, -0.2) is 14.8 Å². The van der Waals surface area contributed by atoms with Gasteiger partial charge in [0.1, 0.15) is 30.4 Å². The van der Waals surface area contributed by atoms with E-state index in [4.69, 9.17) is 18.9 Å². The monoisotopic (exact) mass is 560 g/mol. The molecule has 2 aromatic heterocycles. The minimum absolute atomic E-state index is 0.183. The molecule has 2 fully saturated rings. The van der Waals surface area contributed by atoms with Crippen LogP contribution in [0.25, 0.3) is 11.0 Å². The lowest BCUT2D eigenvalue weighted by atomic mass is 9.89. The van der Waals surface area contributed by atoms with Crippen LogP contribution in [0.2, 0.25) is 25.7 Å². The zero-order valence-corrected chi connectivity index (χ0v) is 26.2. The quantitative estimate of drug-likeness (QED) is 0.287. The number of hydrogen-bond acceptors (Lipinski definition) is 7. The van der Waals surface area contributed by atoms with Gasteiger partial charge in [-0.1, -0.05) is 26.6 Å². The number of piperidine rings is 1. The van der Waals surface area contributed by atoms with Gasteiger partial charge >= 0.3 is 6.09 Å². The second kappa shape index (κ2) is 12.1. The Balaban J connectivity index is 1.60. The average molecular weight is 561 g/mol. The molecule has 1 amide bonds. The molecule has 0 aliphatic carbocycles. The maximum Gasteiger partial charge on any atom is 0.410 e. The molecule has 39 heavy (non-hydrogen) atoms. The highest BCUT2D eigenvalue weighted by atomic mass is 28.3. The topological polar surface area (TPSA) is 87.9 Å². The molecule has 2 aliphatic heterocycles. The van der Waals surface area contributed by atoms with E-state index in [1.165, 1.54) is 5.56 Å². The fourth-order valence-electron chi connectivity index (χ4n) is 5.46. The molecule has 2 saturated heterocycles. The Kier molecular flexibility index (Phi) is 9.28. The SMILES string of the molecule is CC1CC(c2cn(COCC[Si](C)(C)C)c3ncnc(O[C@@H]4C[C@H](C)CN(C(=O)OC(C)(C)C)C4)c23)CCO1. The Morgan fingerprint density at radius 3 is 2.62 bits per heavy atom. The predicted octanol–water partition coefficient (Wildman–Crippen LogP) is 6.05. The first-order chi connectivity index (χ1) is 18.3. The summed E-state index contributed by atoms with van der Waals surface area (Å²) >= 11 is 0. The molecule has 0 radical (unpaired) electrons. The molecule has 4 heterocycles. The van der Waals surface area contributed by atoms with Gasteiger partial charge in [-0.15, -0.1) is 0 Å². The van der Waals surface area contributed by atoms with E-state index >= 15 is 0 Å². The number of fused-ring (bicyclic) bond motifs is 1. The lowest BCUT2D eigenvalue weighted by molar-refractivity contribution is -0.000985. The summed E-state index contributed by atoms with van der Waals surface area (Å²) in [5, 5.41) is 0.951. The first-order valence-corrected chi connectivity index (χ1v) is 18.2. The highest BCUT2D eigenvalue weighted by Gasteiger charge is 2.33. The summed E-state index contributed by atoms with van der Waals surface area (Å²) < 4.78 is 26.3. The van der Waals surface area contributed by atoms with Gasteiger partial charge in [-0.05, 0) is 70.4 Å². The summed E-state index contributed by atoms with van der Waals surface area (Å²) in [6.45, 7) is 20.1. The van der Waals surface area contributed by atoms with Gasteiger partial charge in [0.15, 0.2) is 0 Å². The minimum Gasteiger partial charge on any atom is -0.472 e.